The van der Waals surface area contributed by atoms with E-state index >= 15 is 0 Å². The van der Waals surface area contributed by atoms with Crippen LogP contribution in [0, 0.1) is 0 Å². The van der Waals surface area contributed by atoms with Gasteiger partial charge in [0.2, 0.25) is 0 Å². The molecule has 1 aromatic carbocycles. The predicted molar refractivity (Wildman–Crippen MR) is 53.7 cm³/mol. The molecule has 0 spiro atoms. The molecular weight excluding hydrogens is 164 g/mol. The third-order valence-electron chi connectivity index (χ3n) is 1.77. The van der Waals surface area contributed by atoms with Crippen molar-refractivity contribution in [1.29, 1.82) is 0 Å². The highest BCUT2D eigenvalue weighted by Gasteiger charge is 2.04. The lowest BCUT2D eigenvalue weighted by Crippen LogP contribution is -1.86. The van der Waals surface area contributed by atoms with Crippen LogP contribution in [0.25, 0.3) is 12.2 Å². The summed E-state index contributed by atoms with van der Waals surface area (Å²) < 4.78 is 0. The molecule has 0 aliphatic carbocycles. The van der Waals surface area contributed by atoms with Crippen molar-refractivity contribution in [2.75, 3.05) is 0 Å². The van der Waals surface area contributed by atoms with E-state index in [-0.39, 0.29) is 5.75 Å². The van der Waals surface area contributed by atoms with Gasteiger partial charge in [0, 0.05) is 11.1 Å². The number of hydrogen-bond acceptors (Lipinski definition) is 2. The molecule has 1 aromatic rings. The molecule has 0 saturated heterocycles. The molecule has 2 heteroatoms. The fourth-order valence-corrected chi connectivity index (χ4v) is 1.14. The molecule has 0 amide bonds. The maximum atomic E-state index is 10.5. The van der Waals surface area contributed by atoms with E-state index in [1.54, 1.807) is 12.1 Å². The number of carbonyl (C=O) groups is 1. The molecule has 0 aliphatic rings. The summed E-state index contributed by atoms with van der Waals surface area (Å²) in [7, 11) is 0. The lowest BCUT2D eigenvalue weighted by Gasteiger charge is -2.04. The van der Waals surface area contributed by atoms with E-state index in [1.807, 2.05) is 0 Å². The van der Waals surface area contributed by atoms with Crippen LogP contribution in [0.1, 0.15) is 21.5 Å². The molecule has 0 atom stereocenters. The third kappa shape index (κ3) is 1.67. The fourth-order valence-electron chi connectivity index (χ4n) is 1.14. The van der Waals surface area contributed by atoms with E-state index < -0.39 is 0 Å². The smallest absolute Gasteiger partial charge is 0.150 e. The summed E-state index contributed by atoms with van der Waals surface area (Å²) in [5.74, 6) is 0.0505. The van der Waals surface area contributed by atoms with Crippen molar-refractivity contribution >= 4 is 18.4 Å². The Hall–Kier alpha value is -1.83. The van der Waals surface area contributed by atoms with Crippen LogP contribution in [-0.4, -0.2) is 11.4 Å². The Morgan fingerprint density at radius 1 is 1.23 bits per heavy atom. The van der Waals surface area contributed by atoms with Gasteiger partial charge in [0.1, 0.15) is 12.0 Å². The molecule has 2 nitrogen and oxygen atoms in total. The molecule has 1 N–H and O–H groups in total. The molecular formula is C11H10O2. The van der Waals surface area contributed by atoms with Gasteiger partial charge in [-0.2, -0.15) is 0 Å². The highest BCUT2D eigenvalue weighted by molar-refractivity contribution is 5.81. The van der Waals surface area contributed by atoms with E-state index in [4.69, 9.17) is 0 Å². The van der Waals surface area contributed by atoms with Crippen LogP contribution in [0.3, 0.4) is 0 Å². The van der Waals surface area contributed by atoms with Gasteiger partial charge in [0.25, 0.3) is 0 Å². The Morgan fingerprint density at radius 2 is 1.92 bits per heavy atom. The number of hydrogen-bond donors (Lipinski definition) is 1. The maximum Gasteiger partial charge on any atom is 0.150 e. The highest BCUT2D eigenvalue weighted by atomic mass is 16.3. The second kappa shape index (κ2) is 3.72. The summed E-state index contributed by atoms with van der Waals surface area (Å²) in [6.07, 6.45) is 3.78. The van der Waals surface area contributed by atoms with Crippen molar-refractivity contribution in [2.24, 2.45) is 0 Å². The molecule has 0 unspecified atom stereocenters. The minimum Gasteiger partial charge on any atom is -0.507 e. The molecule has 66 valence electrons. The summed E-state index contributed by atoms with van der Waals surface area (Å²) in [6, 6.07) is 3.05. The summed E-state index contributed by atoms with van der Waals surface area (Å²) in [6.45, 7) is 7.14. The molecule has 1 rings (SSSR count). The van der Waals surface area contributed by atoms with Gasteiger partial charge in [-0.1, -0.05) is 25.3 Å². The third-order valence-corrected chi connectivity index (χ3v) is 1.77. The van der Waals surface area contributed by atoms with Gasteiger partial charge in [-0.15, -0.1) is 0 Å². The summed E-state index contributed by atoms with van der Waals surface area (Å²) >= 11 is 0. The van der Waals surface area contributed by atoms with E-state index in [2.05, 4.69) is 13.2 Å². The molecule has 0 saturated carbocycles. The zero-order valence-electron chi connectivity index (χ0n) is 7.16. The molecule has 0 aromatic heterocycles. The van der Waals surface area contributed by atoms with Crippen molar-refractivity contribution < 1.29 is 9.90 Å². The second-order valence-electron chi connectivity index (χ2n) is 2.57. The largest absolute Gasteiger partial charge is 0.507 e. The van der Waals surface area contributed by atoms with E-state index in [0.29, 0.717) is 23.0 Å². The van der Waals surface area contributed by atoms with Crippen LogP contribution in [0.2, 0.25) is 0 Å². The summed E-state index contributed by atoms with van der Waals surface area (Å²) in [5.41, 5.74) is 1.73. The zero-order valence-corrected chi connectivity index (χ0v) is 7.16. The Kier molecular flexibility index (Phi) is 2.65. The fraction of sp³-hybridized carbons (Fsp3) is 0. The second-order valence-corrected chi connectivity index (χ2v) is 2.57. The first kappa shape index (κ1) is 9.26. The quantitative estimate of drug-likeness (QED) is 0.715. The Labute approximate surface area is 76.8 Å². The molecule has 13 heavy (non-hydrogen) atoms. The first-order chi connectivity index (χ1) is 6.22. The Balaban J connectivity index is 3.45. The van der Waals surface area contributed by atoms with Gasteiger partial charge >= 0.3 is 0 Å². The Bertz CT molecular complexity index is 365. The Morgan fingerprint density at radius 3 is 2.38 bits per heavy atom. The SMILES string of the molecule is C=Cc1cc(C=O)cc(O)c1C=C. The monoisotopic (exact) mass is 174 g/mol. The summed E-state index contributed by atoms with van der Waals surface area (Å²) in [4.78, 5) is 10.5. The maximum absolute atomic E-state index is 10.5. The van der Waals surface area contributed by atoms with Crippen LogP contribution < -0.4 is 0 Å². The van der Waals surface area contributed by atoms with E-state index in [0.717, 1.165) is 0 Å². The van der Waals surface area contributed by atoms with Gasteiger partial charge in [0.15, 0.2) is 0 Å². The first-order valence-electron chi connectivity index (χ1n) is 3.80. The molecule has 0 heterocycles. The number of rotatable bonds is 3. The van der Waals surface area contributed by atoms with Gasteiger partial charge in [-0.3, -0.25) is 4.79 Å². The van der Waals surface area contributed by atoms with E-state index in [1.165, 1.54) is 12.1 Å². The van der Waals surface area contributed by atoms with Crippen molar-refractivity contribution in [3.05, 3.63) is 42.0 Å². The van der Waals surface area contributed by atoms with Crippen molar-refractivity contribution in [3.63, 3.8) is 0 Å². The van der Waals surface area contributed by atoms with Crippen LogP contribution in [-0.2, 0) is 0 Å². The normalized spacial score (nSPS) is 9.23. The van der Waals surface area contributed by atoms with Gasteiger partial charge in [-0.25, -0.2) is 0 Å². The number of carbonyl (C=O) groups excluding carboxylic acids is 1. The zero-order chi connectivity index (χ0) is 9.84. The number of phenolic OH excluding ortho intramolecular Hbond substituents is 1. The number of phenols is 1. The molecule has 0 aliphatic heterocycles. The number of benzene rings is 1. The van der Waals surface area contributed by atoms with Crippen molar-refractivity contribution in [2.45, 2.75) is 0 Å². The average molecular weight is 174 g/mol. The van der Waals surface area contributed by atoms with Gasteiger partial charge in [-0.05, 0) is 17.7 Å². The minimum atomic E-state index is 0.0505. The lowest BCUT2D eigenvalue weighted by atomic mass is 10.0. The number of aromatic hydroxyl groups is 1. The molecule has 0 fully saturated rings. The van der Waals surface area contributed by atoms with Gasteiger partial charge < -0.3 is 5.11 Å². The van der Waals surface area contributed by atoms with Crippen molar-refractivity contribution in [1.82, 2.24) is 0 Å². The van der Waals surface area contributed by atoms with Crippen LogP contribution in [0.4, 0.5) is 0 Å². The van der Waals surface area contributed by atoms with Crippen molar-refractivity contribution in [3.8, 4) is 5.75 Å². The van der Waals surface area contributed by atoms with Crippen LogP contribution >= 0.6 is 0 Å². The van der Waals surface area contributed by atoms with Gasteiger partial charge in [0.05, 0.1) is 0 Å². The minimum absolute atomic E-state index is 0.0505. The standard InChI is InChI=1S/C11H10O2/c1-3-9-5-8(7-12)6-11(13)10(9)4-2/h3-7,13H,1-2H2. The van der Waals surface area contributed by atoms with Crippen LogP contribution in [0.5, 0.6) is 5.75 Å². The molecule has 0 radical (unpaired) electrons. The average Bonchev–Trinajstić information content (AvgIpc) is 2.16. The topological polar surface area (TPSA) is 37.3 Å². The first-order valence-corrected chi connectivity index (χ1v) is 3.80. The number of aldehydes is 1. The summed E-state index contributed by atoms with van der Waals surface area (Å²) in [5, 5.41) is 9.46. The predicted octanol–water partition coefficient (Wildman–Crippen LogP) is 2.49. The van der Waals surface area contributed by atoms with E-state index in [9.17, 15) is 9.90 Å². The molecule has 0 bridgehead atoms. The highest BCUT2D eigenvalue weighted by Crippen LogP contribution is 2.24. The lowest BCUT2D eigenvalue weighted by molar-refractivity contribution is 0.112. The van der Waals surface area contributed by atoms with Crippen LogP contribution in [0.15, 0.2) is 25.3 Å².